The maximum atomic E-state index is 11.9. The van der Waals surface area contributed by atoms with Gasteiger partial charge < -0.3 is 19.4 Å². The van der Waals surface area contributed by atoms with Crippen LogP contribution < -0.4 is 9.47 Å². The van der Waals surface area contributed by atoms with E-state index in [-0.39, 0.29) is 12.1 Å². The average Bonchev–Trinajstić information content (AvgIpc) is 3.46. The monoisotopic (exact) mass is 430 g/mol. The van der Waals surface area contributed by atoms with E-state index >= 15 is 0 Å². The van der Waals surface area contributed by atoms with E-state index in [1.807, 2.05) is 11.1 Å². The van der Waals surface area contributed by atoms with Crippen molar-refractivity contribution in [2.45, 2.75) is 51.2 Å². The number of carbonyl (C=O) groups excluding carboxylic acids is 1. The van der Waals surface area contributed by atoms with Gasteiger partial charge in [-0.2, -0.15) is 0 Å². The summed E-state index contributed by atoms with van der Waals surface area (Å²) in [6.07, 6.45) is 12.9. The van der Waals surface area contributed by atoms with Crippen molar-refractivity contribution in [3.05, 3.63) is 64.9 Å². The average molecular weight is 431 g/mol. The first kappa shape index (κ1) is 20.7. The van der Waals surface area contributed by atoms with Crippen LogP contribution in [0.1, 0.15) is 54.0 Å². The van der Waals surface area contributed by atoms with Crippen molar-refractivity contribution in [2.75, 3.05) is 13.7 Å². The first-order valence-electron chi connectivity index (χ1n) is 11.5. The van der Waals surface area contributed by atoms with Crippen LogP contribution in [0.15, 0.2) is 42.6 Å². The minimum absolute atomic E-state index is 0.136. The number of hydrogen-bond donors (Lipinski definition) is 1. The van der Waals surface area contributed by atoms with E-state index in [1.54, 1.807) is 7.11 Å². The molecule has 1 aliphatic heterocycles. The van der Waals surface area contributed by atoms with Gasteiger partial charge in [0.2, 0.25) is 6.41 Å². The van der Waals surface area contributed by atoms with Gasteiger partial charge in [-0.3, -0.25) is 4.79 Å². The van der Waals surface area contributed by atoms with E-state index in [9.17, 15) is 4.79 Å². The number of nitrogens with zero attached hydrogens (tertiary/aromatic N) is 1. The molecule has 0 radical (unpaired) electrons. The van der Waals surface area contributed by atoms with Crippen LogP contribution in [0.5, 0.6) is 11.5 Å². The maximum Gasteiger partial charge on any atom is 0.210 e. The van der Waals surface area contributed by atoms with Crippen LogP contribution in [-0.4, -0.2) is 36.1 Å². The lowest BCUT2D eigenvalue weighted by atomic mass is 9.91. The van der Waals surface area contributed by atoms with Crippen molar-refractivity contribution in [2.24, 2.45) is 0 Å². The summed E-state index contributed by atoms with van der Waals surface area (Å²) in [4.78, 5) is 17.1. The number of ether oxygens (including phenoxy) is 2. The second kappa shape index (κ2) is 8.73. The first-order chi connectivity index (χ1) is 15.7. The lowest BCUT2D eigenvalue weighted by Crippen LogP contribution is -2.33. The van der Waals surface area contributed by atoms with Gasteiger partial charge in [-0.25, -0.2) is 0 Å². The third-order valence-corrected chi connectivity index (χ3v) is 6.80. The summed E-state index contributed by atoms with van der Waals surface area (Å²) in [5.41, 5.74) is 5.79. The maximum absolute atomic E-state index is 11.9. The van der Waals surface area contributed by atoms with Gasteiger partial charge in [-0.15, -0.1) is 0 Å². The number of carbonyl (C=O) groups is 1. The van der Waals surface area contributed by atoms with Gasteiger partial charge in [-0.1, -0.05) is 23.8 Å². The van der Waals surface area contributed by atoms with Crippen LogP contribution in [0.3, 0.4) is 0 Å². The summed E-state index contributed by atoms with van der Waals surface area (Å²) in [6.45, 7) is 2.79. The number of H-pyrrole nitrogens is 1. The van der Waals surface area contributed by atoms with Crippen molar-refractivity contribution in [1.82, 2.24) is 9.88 Å². The van der Waals surface area contributed by atoms with E-state index < -0.39 is 0 Å². The third kappa shape index (κ3) is 3.88. The molecule has 5 rings (SSSR count). The first-order valence-corrected chi connectivity index (χ1v) is 11.5. The molecule has 166 valence electrons. The zero-order chi connectivity index (χ0) is 22.1. The zero-order valence-corrected chi connectivity index (χ0v) is 18.8. The second-order valence-electron chi connectivity index (χ2n) is 8.92. The minimum atomic E-state index is -0.136. The number of rotatable bonds is 6. The highest BCUT2D eigenvalue weighted by atomic mass is 16.5. The highest BCUT2D eigenvalue weighted by Gasteiger charge is 2.28. The Hall–Kier alpha value is -3.21. The van der Waals surface area contributed by atoms with Crippen LogP contribution in [0.25, 0.3) is 17.0 Å². The zero-order valence-electron chi connectivity index (χ0n) is 18.8. The van der Waals surface area contributed by atoms with Gasteiger partial charge in [-0.05, 0) is 80.0 Å². The number of benzene rings is 2. The quantitative estimate of drug-likeness (QED) is 0.520. The molecule has 5 heteroatoms. The van der Waals surface area contributed by atoms with Gasteiger partial charge in [0.25, 0.3) is 0 Å². The molecule has 1 aromatic heterocycles. The SMILES string of the molecule is COc1cc2c(cc1OC1CCCC1)[C@H](/C=C/c1c[nH]c3ccc(C)cc13)N(C=O)CC2. The summed E-state index contributed by atoms with van der Waals surface area (Å²) in [5.74, 6) is 1.57. The van der Waals surface area contributed by atoms with Crippen molar-refractivity contribution in [3.8, 4) is 11.5 Å². The molecule has 2 aliphatic rings. The molecule has 1 N–H and O–H groups in total. The number of aromatic amines is 1. The molecule has 3 aromatic rings. The molecule has 0 spiro atoms. The molecule has 1 amide bonds. The fraction of sp³-hybridized carbons (Fsp3) is 0.370. The smallest absolute Gasteiger partial charge is 0.210 e. The van der Waals surface area contributed by atoms with Crippen LogP contribution in [0, 0.1) is 6.92 Å². The molecule has 2 heterocycles. The number of fused-ring (bicyclic) bond motifs is 2. The van der Waals surface area contributed by atoms with Crippen LogP contribution in [-0.2, 0) is 11.2 Å². The lowest BCUT2D eigenvalue weighted by Gasteiger charge is -2.34. The molecule has 32 heavy (non-hydrogen) atoms. The Kier molecular flexibility index (Phi) is 5.64. The number of methoxy groups -OCH3 is 1. The van der Waals surface area contributed by atoms with E-state index in [2.05, 4.69) is 54.4 Å². The van der Waals surface area contributed by atoms with E-state index in [0.29, 0.717) is 6.54 Å². The van der Waals surface area contributed by atoms with Gasteiger partial charge in [0.15, 0.2) is 11.5 Å². The largest absolute Gasteiger partial charge is 0.493 e. The number of aryl methyl sites for hydroxylation is 1. The number of aromatic nitrogens is 1. The summed E-state index contributed by atoms with van der Waals surface area (Å²) < 4.78 is 12.0. The van der Waals surface area contributed by atoms with E-state index in [4.69, 9.17) is 9.47 Å². The molecule has 1 saturated carbocycles. The standard InChI is InChI=1S/C27H30N2O3/c1-18-7-9-24-22(13-18)20(16-28-24)8-10-25-23-15-27(32-21-5-3-4-6-21)26(31-2)14-19(23)11-12-29(25)17-30/h7-10,13-17,21,25,28H,3-6,11-12H2,1-2H3/b10-8+/t25-/m0/s1. The topological polar surface area (TPSA) is 54.6 Å². The molecule has 1 fully saturated rings. The third-order valence-electron chi connectivity index (χ3n) is 6.80. The minimum Gasteiger partial charge on any atom is -0.493 e. The van der Waals surface area contributed by atoms with Crippen molar-refractivity contribution >= 4 is 23.4 Å². The van der Waals surface area contributed by atoms with Crippen LogP contribution in [0.2, 0.25) is 0 Å². The summed E-state index contributed by atoms with van der Waals surface area (Å²) >= 11 is 0. The number of nitrogens with one attached hydrogen (secondary N) is 1. The summed E-state index contributed by atoms with van der Waals surface area (Å²) in [6, 6.07) is 10.5. The van der Waals surface area contributed by atoms with Gasteiger partial charge >= 0.3 is 0 Å². The van der Waals surface area contributed by atoms with Crippen LogP contribution >= 0.6 is 0 Å². The Morgan fingerprint density at radius 2 is 1.97 bits per heavy atom. The predicted octanol–water partition coefficient (Wildman–Crippen LogP) is 5.58. The summed E-state index contributed by atoms with van der Waals surface area (Å²) in [7, 11) is 1.69. The van der Waals surface area contributed by atoms with Gasteiger partial charge in [0, 0.05) is 23.6 Å². The van der Waals surface area contributed by atoms with E-state index in [0.717, 1.165) is 53.8 Å². The Balaban J connectivity index is 1.52. The Labute approximate surface area is 189 Å². The Morgan fingerprint density at radius 1 is 1.12 bits per heavy atom. The molecule has 1 atom stereocenters. The highest BCUT2D eigenvalue weighted by Crippen LogP contribution is 2.40. The van der Waals surface area contributed by atoms with Gasteiger partial charge in [0.05, 0.1) is 19.3 Å². The Bertz CT molecular complexity index is 1160. The highest BCUT2D eigenvalue weighted by molar-refractivity contribution is 5.89. The molecule has 0 bridgehead atoms. The molecular weight excluding hydrogens is 400 g/mol. The van der Waals surface area contributed by atoms with Crippen molar-refractivity contribution in [1.29, 1.82) is 0 Å². The second-order valence-corrected chi connectivity index (χ2v) is 8.92. The van der Waals surface area contributed by atoms with Crippen molar-refractivity contribution < 1.29 is 14.3 Å². The molecule has 2 aromatic carbocycles. The molecule has 5 nitrogen and oxygen atoms in total. The van der Waals surface area contributed by atoms with Crippen LogP contribution in [0.4, 0.5) is 0 Å². The summed E-state index contributed by atoms with van der Waals surface area (Å²) in [5, 5.41) is 1.19. The van der Waals surface area contributed by atoms with Gasteiger partial charge in [0.1, 0.15) is 0 Å². The fourth-order valence-electron chi connectivity index (χ4n) is 5.04. The predicted molar refractivity (Wildman–Crippen MR) is 127 cm³/mol. The number of hydrogen-bond acceptors (Lipinski definition) is 3. The van der Waals surface area contributed by atoms with E-state index in [1.165, 1.54) is 29.4 Å². The normalized spacial score (nSPS) is 18.9. The molecule has 0 unspecified atom stereocenters. The molecule has 1 aliphatic carbocycles. The number of amides is 1. The lowest BCUT2D eigenvalue weighted by molar-refractivity contribution is -0.119. The van der Waals surface area contributed by atoms with Crippen molar-refractivity contribution in [3.63, 3.8) is 0 Å². The molecular formula is C27H30N2O3. The molecule has 0 saturated heterocycles. The fourth-order valence-corrected chi connectivity index (χ4v) is 5.04. The Morgan fingerprint density at radius 3 is 2.75 bits per heavy atom.